The summed E-state index contributed by atoms with van der Waals surface area (Å²) >= 11 is 24.6. The standard InChI is InChI=1S/2C23H27Cl2N5O.4ClH/c2*1-14-2-5-20-21(14)22(28-13-27-20)29-6-8-30(9-7-29)23(31)17-12-26-11-16(17)15-3-4-18(24)19(25)10-15;;;;/h2*3-4,10,13-14,16-17,26H,2,5-9,11-12H2,1H3;4*1H/t14-,16+,17-;14-,16-,17+;;;;/m11..../s1. The van der Waals surface area contributed by atoms with Gasteiger partial charge in [0.2, 0.25) is 11.8 Å². The van der Waals surface area contributed by atoms with Crippen molar-refractivity contribution in [3.05, 3.63) is 103 Å². The van der Waals surface area contributed by atoms with Crippen LogP contribution in [0.2, 0.25) is 20.1 Å². The lowest BCUT2D eigenvalue weighted by molar-refractivity contribution is -0.136. The Hall–Kier alpha value is -2.62. The van der Waals surface area contributed by atoms with Crippen LogP contribution >= 0.6 is 96.0 Å². The van der Waals surface area contributed by atoms with Crippen LogP contribution in [0.1, 0.15) is 84.0 Å². The fourth-order valence-corrected chi connectivity index (χ4v) is 11.2. The Morgan fingerprint density at radius 2 is 0.909 bits per heavy atom. The fraction of sp³-hybridized carbons (Fsp3) is 0.522. The summed E-state index contributed by atoms with van der Waals surface area (Å²) < 4.78 is 0. The highest BCUT2D eigenvalue weighted by Gasteiger charge is 2.40. The maximum atomic E-state index is 13.4. The van der Waals surface area contributed by atoms with E-state index >= 15 is 0 Å². The van der Waals surface area contributed by atoms with E-state index in [0.29, 0.717) is 45.0 Å². The Kier molecular flexibility index (Phi) is 19.6. The van der Waals surface area contributed by atoms with Crippen LogP contribution in [0.25, 0.3) is 0 Å². The molecule has 4 saturated heterocycles. The molecule has 66 heavy (non-hydrogen) atoms. The number of hydrogen-bond donors (Lipinski definition) is 2. The summed E-state index contributed by atoms with van der Waals surface area (Å²) in [5.74, 6) is 3.67. The summed E-state index contributed by atoms with van der Waals surface area (Å²) in [5, 5.41) is 8.95. The molecule has 4 aromatic rings. The number of nitrogens with zero attached hydrogens (tertiary/aromatic N) is 8. The number of benzene rings is 2. The van der Waals surface area contributed by atoms with Crippen LogP contribution in [0.15, 0.2) is 49.1 Å². The molecule has 0 bridgehead atoms. The first-order chi connectivity index (χ1) is 30.0. The van der Waals surface area contributed by atoms with Crippen molar-refractivity contribution < 1.29 is 9.59 Å². The summed E-state index contributed by atoms with van der Waals surface area (Å²) in [6.45, 7) is 13.6. The van der Waals surface area contributed by atoms with Crippen LogP contribution in [0.3, 0.4) is 0 Å². The average molecular weight is 1070 g/mol. The zero-order chi connectivity index (χ0) is 43.1. The van der Waals surface area contributed by atoms with Gasteiger partial charge in [0.15, 0.2) is 0 Å². The van der Waals surface area contributed by atoms with Gasteiger partial charge in [-0.15, -0.1) is 49.6 Å². The third-order valence-electron chi connectivity index (χ3n) is 14.1. The third-order valence-corrected chi connectivity index (χ3v) is 15.6. The lowest BCUT2D eigenvalue weighted by atomic mass is 9.88. The quantitative estimate of drug-likeness (QED) is 0.194. The van der Waals surface area contributed by atoms with Crippen molar-refractivity contribution in [3.63, 3.8) is 0 Å². The fourth-order valence-electron chi connectivity index (χ4n) is 10.6. The molecule has 0 saturated carbocycles. The SMILES string of the molecule is C[C@@H]1CCc2ncnc(N3CCN(C(=O)[C@@H]4CNC[C@H]4c4ccc(Cl)c(Cl)c4)CC3)c21.C[C@@H]1CCc2ncnc(N3CCN(C(=O)[C@H]4CNC[C@@H]4c4ccc(Cl)c(Cl)c4)CC3)c21.Cl.Cl.Cl.Cl. The Morgan fingerprint density at radius 3 is 1.27 bits per heavy atom. The van der Waals surface area contributed by atoms with Crippen LogP contribution in [0.4, 0.5) is 11.6 Å². The summed E-state index contributed by atoms with van der Waals surface area (Å²) in [7, 11) is 0. The number of fused-ring (bicyclic) bond motifs is 2. The van der Waals surface area contributed by atoms with E-state index in [1.807, 2.05) is 46.2 Å². The van der Waals surface area contributed by atoms with E-state index in [-0.39, 0.29) is 85.1 Å². The summed E-state index contributed by atoms with van der Waals surface area (Å²) in [5.41, 5.74) is 7.14. The highest BCUT2D eigenvalue weighted by atomic mass is 35.5. The molecule has 12 nitrogen and oxygen atoms in total. The van der Waals surface area contributed by atoms with Crippen LogP contribution in [0.5, 0.6) is 0 Å². The monoisotopic (exact) mass is 1060 g/mol. The highest BCUT2D eigenvalue weighted by molar-refractivity contribution is 6.42. The lowest BCUT2D eigenvalue weighted by Crippen LogP contribution is -2.51. The Bertz CT molecular complexity index is 2160. The zero-order valence-corrected chi connectivity index (χ0v) is 43.2. The molecule has 0 spiro atoms. The van der Waals surface area contributed by atoms with Crippen molar-refractivity contribution in [2.24, 2.45) is 11.8 Å². The molecule has 360 valence electrons. The van der Waals surface area contributed by atoms with Crippen molar-refractivity contribution in [2.75, 3.05) is 88.3 Å². The van der Waals surface area contributed by atoms with Gasteiger partial charge < -0.3 is 30.2 Å². The maximum Gasteiger partial charge on any atom is 0.227 e. The molecule has 6 heterocycles. The van der Waals surface area contributed by atoms with E-state index in [4.69, 9.17) is 46.4 Å². The molecular formula is C46H58Cl8N10O2. The Labute approximate surface area is 432 Å². The second-order valence-corrected chi connectivity index (χ2v) is 19.3. The Morgan fingerprint density at radius 1 is 0.530 bits per heavy atom. The molecule has 2 aliphatic carbocycles. The van der Waals surface area contributed by atoms with Gasteiger partial charge in [-0.25, -0.2) is 19.9 Å². The molecule has 2 aromatic carbocycles. The smallest absolute Gasteiger partial charge is 0.227 e. The van der Waals surface area contributed by atoms with Crippen molar-refractivity contribution in [1.82, 2.24) is 40.4 Å². The molecule has 2 N–H and O–H groups in total. The first kappa shape index (κ1) is 54.3. The van der Waals surface area contributed by atoms with Gasteiger partial charge in [-0.05, 0) is 72.9 Å². The molecule has 20 heteroatoms. The van der Waals surface area contributed by atoms with E-state index in [9.17, 15) is 9.59 Å². The molecule has 2 amide bonds. The van der Waals surface area contributed by atoms with E-state index in [1.54, 1.807) is 12.7 Å². The number of carbonyl (C=O) groups is 2. The minimum atomic E-state index is -0.0767. The minimum absolute atomic E-state index is 0. The zero-order valence-electron chi connectivity index (χ0n) is 36.9. The molecule has 0 radical (unpaired) electrons. The van der Waals surface area contributed by atoms with E-state index in [1.165, 1.54) is 22.5 Å². The number of anilines is 2. The van der Waals surface area contributed by atoms with Gasteiger partial charge in [0, 0.05) is 113 Å². The van der Waals surface area contributed by atoms with Crippen molar-refractivity contribution in [2.45, 2.75) is 63.2 Å². The second kappa shape index (κ2) is 23.8. The Balaban J connectivity index is 0.000000233. The number of piperazine rings is 2. The van der Waals surface area contributed by atoms with Gasteiger partial charge in [0.25, 0.3) is 0 Å². The maximum absolute atomic E-state index is 13.4. The number of rotatable bonds is 6. The van der Waals surface area contributed by atoms with Gasteiger partial charge in [-0.3, -0.25) is 9.59 Å². The lowest BCUT2D eigenvalue weighted by Gasteiger charge is -2.38. The normalized spacial score (nSPS) is 24.2. The number of amides is 2. The second-order valence-electron chi connectivity index (χ2n) is 17.7. The van der Waals surface area contributed by atoms with Crippen LogP contribution < -0.4 is 20.4 Å². The van der Waals surface area contributed by atoms with Gasteiger partial charge in [0.05, 0.1) is 31.9 Å². The highest BCUT2D eigenvalue weighted by Crippen LogP contribution is 2.40. The number of aryl methyl sites for hydroxylation is 2. The predicted octanol–water partition coefficient (Wildman–Crippen LogP) is 8.66. The molecular weight excluding hydrogens is 1010 g/mol. The van der Waals surface area contributed by atoms with Gasteiger partial charge in [-0.1, -0.05) is 72.4 Å². The van der Waals surface area contributed by atoms with Crippen LogP contribution in [-0.2, 0) is 22.4 Å². The van der Waals surface area contributed by atoms with Gasteiger partial charge in [-0.2, -0.15) is 0 Å². The first-order valence-corrected chi connectivity index (χ1v) is 23.6. The number of halogens is 8. The van der Waals surface area contributed by atoms with E-state index < -0.39 is 0 Å². The van der Waals surface area contributed by atoms with E-state index in [0.717, 1.165) is 114 Å². The molecule has 6 atom stereocenters. The summed E-state index contributed by atoms with van der Waals surface area (Å²) in [6, 6.07) is 11.4. The first-order valence-electron chi connectivity index (χ1n) is 22.1. The summed E-state index contributed by atoms with van der Waals surface area (Å²) in [4.78, 5) is 53.7. The van der Waals surface area contributed by atoms with Crippen molar-refractivity contribution in [1.29, 1.82) is 0 Å². The average Bonchev–Trinajstić information content (AvgIpc) is 4.13. The largest absolute Gasteiger partial charge is 0.353 e. The van der Waals surface area contributed by atoms with Gasteiger partial charge in [0.1, 0.15) is 24.3 Å². The molecule has 2 aromatic heterocycles. The number of hydrogen-bond acceptors (Lipinski definition) is 10. The molecule has 10 rings (SSSR count). The van der Waals surface area contributed by atoms with Crippen molar-refractivity contribution >= 4 is 119 Å². The minimum Gasteiger partial charge on any atom is -0.353 e. The van der Waals surface area contributed by atoms with Crippen molar-refractivity contribution in [3.8, 4) is 0 Å². The number of aromatic nitrogens is 4. The summed E-state index contributed by atoms with van der Waals surface area (Å²) in [6.07, 6.45) is 7.74. The molecule has 4 aliphatic heterocycles. The number of carbonyl (C=O) groups excluding carboxylic acids is 2. The van der Waals surface area contributed by atoms with Crippen LogP contribution in [-0.4, -0.2) is 120 Å². The van der Waals surface area contributed by atoms with Gasteiger partial charge >= 0.3 is 0 Å². The molecule has 6 aliphatic rings. The molecule has 4 fully saturated rings. The third kappa shape index (κ3) is 11.2. The van der Waals surface area contributed by atoms with Crippen LogP contribution in [0, 0.1) is 11.8 Å². The molecule has 0 unspecified atom stereocenters. The topological polar surface area (TPSA) is 123 Å². The van der Waals surface area contributed by atoms with E-state index in [2.05, 4.69) is 54.2 Å². The predicted molar refractivity (Wildman–Crippen MR) is 275 cm³/mol. The number of nitrogens with one attached hydrogen (secondary N) is 2.